The van der Waals surface area contributed by atoms with Gasteiger partial charge in [0.25, 0.3) is 0 Å². The van der Waals surface area contributed by atoms with Gasteiger partial charge in [-0.05, 0) is 0 Å². The van der Waals surface area contributed by atoms with Crippen molar-refractivity contribution in [2.75, 3.05) is 0 Å². The van der Waals surface area contributed by atoms with E-state index in [2.05, 4.69) is 0 Å². The summed E-state index contributed by atoms with van der Waals surface area (Å²) >= 11 is 0. The Balaban J connectivity index is 0. The first kappa shape index (κ1) is 27.9. The van der Waals surface area contributed by atoms with E-state index in [9.17, 15) is 0 Å². The second kappa shape index (κ2) is 16.6. The van der Waals surface area contributed by atoms with Crippen LogP contribution in [0.4, 0.5) is 0 Å². The van der Waals surface area contributed by atoms with E-state index < -0.39 is 0 Å². The largest absolute Gasteiger partial charge is 0 e. The average molecular weight is 254 g/mol. The molecule has 0 saturated heterocycles. The van der Waals surface area contributed by atoms with Gasteiger partial charge in [0.05, 0.1) is 0 Å². The molecule has 0 spiro atoms. The summed E-state index contributed by atoms with van der Waals surface area (Å²) in [6.07, 6.45) is 0. The molecule has 0 aliphatic heterocycles. The van der Waals surface area contributed by atoms with Gasteiger partial charge in [-0.3, -0.25) is 0 Å². The number of hydrogen-bond donors (Lipinski definition) is 0. The molecule has 0 atom stereocenters. The van der Waals surface area contributed by atoms with Crippen LogP contribution in [0.1, 0.15) is 2.85 Å². The summed E-state index contributed by atoms with van der Waals surface area (Å²) in [5, 5.41) is 0. The molecule has 4 heteroatoms. The molecule has 0 aliphatic rings. The van der Waals surface area contributed by atoms with Gasteiger partial charge in [-0.25, -0.2) is 0 Å². The van der Waals surface area contributed by atoms with Crippen molar-refractivity contribution in [3.63, 3.8) is 0 Å². The smallest absolute Gasteiger partial charge is 0 e. The molecule has 0 saturated carbocycles. The minimum absolute atomic E-state index is 0. The summed E-state index contributed by atoms with van der Waals surface area (Å²) in [6.45, 7) is 0. The number of hydrogen-bond acceptors (Lipinski definition) is 0. The molecule has 0 fully saturated rings. The molecule has 0 unspecified atom stereocenters. The second-order valence-corrected chi connectivity index (χ2v) is 0. The Morgan fingerprint density at radius 1 is 1.00 bits per heavy atom. The molecule has 0 aromatic heterocycles. The van der Waals surface area contributed by atoms with Crippen molar-refractivity contribution in [2.45, 2.75) is 0 Å². The van der Waals surface area contributed by atoms with Crippen LogP contribution in [0, 0.1) is 0 Å². The Bertz CT molecular complexity index is 11.5. The monoisotopic (exact) mass is 252 g/mol. The van der Waals surface area contributed by atoms with E-state index >= 15 is 0 Å². The molecule has 0 bridgehead atoms. The molecule has 0 amide bonds. The molecule has 4 heavy (non-hydrogen) atoms. The molecule has 0 N–H and O–H groups in total. The van der Waals surface area contributed by atoms with Crippen molar-refractivity contribution in [2.24, 2.45) is 0 Å². The maximum Gasteiger partial charge on any atom is 0 e. The normalized spacial score (nSPS) is 0. The fourth-order valence-corrected chi connectivity index (χ4v) is 0. The van der Waals surface area contributed by atoms with Crippen LogP contribution in [0.2, 0.25) is 0 Å². The Labute approximate surface area is 94.8 Å². The minimum atomic E-state index is 0. The topological polar surface area (TPSA) is 0 Å². The first-order valence-electron chi connectivity index (χ1n) is 0. The Morgan fingerprint density at radius 3 is 1.00 bits per heavy atom. The Kier molecular flexibility index (Phi) is 116. The van der Waals surface area contributed by atoms with Crippen molar-refractivity contribution in [3.05, 3.63) is 0 Å². The molecule has 0 heterocycles. The van der Waals surface area contributed by atoms with E-state index in [4.69, 9.17) is 0 Å². The SMILES string of the molecule is [Ca+2].[H-].[H-].[SeH2].[Zn].[Zn]. The summed E-state index contributed by atoms with van der Waals surface area (Å²) in [7, 11) is 0. The third-order valence-electron chi connectivity index (χ3n) is 0. The van der Waals surface area contributed by atoms with E-state index in [1.807, 2.05) is 0 Å². The molecule has 0 radical (unpaired) electrons. The molecular formula is H4CaSeZn2. The zero-order chi connectivity index (χ0) is 0. The van der Waals surface area contributed by atoms with Gasteiger partial charge in [0.1, 0.15) is 0 Å². The molecule has 0 nitrogen and oxygen atoms in total. The first-order valence-corrected chi connectivity index (χ1v) is 0. The summed E-state index contributed by atoms with van der Waals surface area (Å²) in [4.78, 5) is 0. The van der Waals surface area contributed by atoms with Gasteiger partial charge in [-0.2, -0.15) is 0 Å². The first-order chi connectivity index (χ1) is 0. The van der Waals surface area contributed by atoms with Gasteiger partial charge < -0.3 is 2.85 Å². The van der Waals surface area contributed by atoms with E-state index in [1.165, 1.54) is 0 Å². The minimum Gasteiger partial charge on any atom is 0 e. The summed E-state index contributed by atoms with van der Waals surface area (Å²) in [6, 6.07) is 0. The van der Waals surface area contributed by atoms with Crippen molar-refractivity contribution in [1.82, 2.24) is 0 Å². The van der Waals surface area contributed by atoms with E-state index in [1.54, 1.807) is 0 Å². The van der Waals surface area contributed by atoms with Crippen LogP contribution in [0.25, 0.3) is 0 Å². The second-order valence-electron chi connectivity index (χ2n) is 0. The third kappa shape index (κ3) is 8.90. The van der Waals surface area contributed by atoms with Crippen LogP contribution < -0.4 is 0 Å². The number of rotatable bonds is 0. The van der Waals surface area contributed by atoms with Crippen molar-refractivity contribution >= 4 is 54.8 Å². The molecule has 0 aromatic carbocycles. The fourth-order valence-electron chi connectivity index (χ4n) is 0. The van der Waals surface area contributed by atoms with E-state index in [0.29, 0.717) is 0 Å². The maximum atomic E-state index is 0. The molecule has 16 valence electrons. The Hall–Kier alpha value is 3.03. The van der Waals surface area contributed by atoms with Crippen LogP contribution in [0.15, 0.2) is 0 Å². The van der Waals surface area contributed by atoms with Crippen molar-refractivity contribution < 1.29 is 41.8 Å². The van der Waals surface area contributed by atoms with Gasteiger partial charge in [0, 0.05) is 39.0 Å². The average Bonchev–Trinajstić information content (AvgIpc) is 0. The van der Waals surface area contributed by atoms with Gasteiger partial charge >= 0.3 is 54.8 Å². The zero-order valence-corrected chi connectivity index (χ0v) is 12.9. The summed E-state index contributed by atoms with van der Waals surface area (Å²) in [5.41, 5.74) is 0. The van der Waals surface area contributed by atoms with Crippen LogP contribution in [0.5, 0.6) is 0 Å². The summed E-state index contributed by atoms with van der Waals surface area (Å²) in [5.74, 6) is 0. The molecule has 0 rings (SSSR count). The molecule has 0 aromatic rings. The predicted molar refractivity (Wildman–Crippen MR) is 16.5 cm³/mol. The maximum absolute atomic E-state index is 0. The van der Waals surface area contributed by atoms with E-state index in [0.717, 1.165) is 0 Å². The third-order valence-corrected chi connectivity index (χ3v) is 0. The van der Waals surface area contributed by atoms with E-state index in [-0.39, 0.29) is 96.6 Å². The quantitative estimate of drug-likeness (QED) is 0.482. The standard InChI is InChI=1S/Ca.H2Se.2Zn.2H/h;1H2;;;;/q+2;;;;2*-1. The van der Waals surface area contributed by atoms with Gasteiger partial charge in [-0.15, -0.1) is 0 Å². The van der Waals surface area contributed by atoms with Gasteiger partial charge in [-0.1, -0.05) is 0 Å². The van der Waals surface area contributed by atoms with Crippen molar-refractivity contribution in [3.8, 4) is 0 Å². The Morgan fingerprint density at radius 2 is 1.00 bits per heavy atom. The van der Waals surface area contributed by atoms with Crippen molar-refractivity contribution in [1.29, 1.82) is 0 Å². The molecule has 0 aliphatic carbocycles. The van der Waals surface area contributed by atoms with Gasteiger partial charge in [0.15, 0.2) is 0 Å². The van der Waals surface area contributed by atoms with Crippen LogP contribution in [0.3, 0.4) is 0 Å². The zero-order valence-electron chi connectivity index (χ0n) is 4.62. The van der Waals surface area contributed by atoms with Gasteiger partial charge in [0.2, 0.25) is 0 Å². The fraction of sp³-hybridized carbons (Fsp3) is 0. The van der Waals surface area contributed by atoms with Crippen LogP contribution in [-0.2, 0) is 39.0 Å². The predicted octanol–water partition coefficient (Wildman–Crippen LogP) is -1.08. The van der Waals surface area contributed by atoms with Crippen LogP contribution in [-0.4, -0.2) is 54.8 Å². The molecular weight excluding hydrogens is 250 g/mol. The van der Waals surface area contributed by atoms with Crippen LogP contribution >= 0.6 is 0 Å². The summed E-state index contributed by atoms with van der Waals surface area (Å²) < 4.78 is 0.